The SMILES string of the molecule is COCCNCc1cc(F)ccc1-n1cc(Cl)c(C)n1. The van der Waals surface area contributed by atoms with Crippen LogP contribution in [-0.4, -0.2) is 30.0 Å². The summed E-state index contributed by atoms with van der Waals surface area (Å²) in [5.74, 6) is -0.271. The number of ether oxygens (including phenoxy) is 1. The Bertz CT molecular complexity index is 566. The first-order chi connectivity index (χ1) is 9.61. The highest BCUT2D eigenvalue weighted by atomic mass is 35.5. The van der Waals surface area contributed by atoms with Crippen LogP contribution in [0.4, 0.5) is 4.39 Å². The van der Waals surface area contributed by atoms with E-state index in [0.29, 0.717) is 24.7 Å². The smallest absolute Gasteiger partial charge is 0.123 e. The molecule has 6 heteroatoms. The largest absolute Gasteiger partial charge is 0.383 e. The van der Waals surface area contributed by atoms with Gasteiger partial charge >= 0.3 is 0 Å². The van der Waals surface area contributed by atoms with Crippen LogP contribution in [0.25, 0.3) is 5.69 Å². The number of rotatable bonds is 6. The van der Waals surface area contributed by atoms with Gasteiger partial charge in [0.05, 0.1) is 23.0 Å². The lowest BCUT2D eigenvalue weighted by atomic mass is 10.1. The van der Waals surface area contributed by atoms with Crippen molar-refractivity contribution in [2.45, 2.75) is 13.5 Å². The maximum Gasteiger partial charge on any atom is 0.123 e. The molecule has 2 aromatic rings. The normalized spacial score (nSPS) is 11.0. The average Bonchev–Trinajstić information content (AvgIpc) is 2.75. The zero-order chi connectivity index (χ0) is 14.5. The predicted molar refractivity (Wildman–Crippen MR) is 76.9 cm³/mol. The molecular weight excluding hydrogens is 281 g/mol. The molecule has 1 aromatic carbocycles. The van der Waals surface area contributed by atoms with Gasteiger partial charge in [-0.2, -0.15) is 5.10 Å². The van der Waals surface area contributed by atoms with Gasteiger partial charge < -0.3 is 10.1 Å². The Morgan fingerprint density at radius 1 is 1.45 bits per heavy atom. The van der Waals surface area contributed by atoms with Gasteiger partial charge in [0.2, 0.25) is 0 Å². The molecule has 1 N–H and O–H groups in total. The van der Waals surface area contributed by atoms with Crippen LogP contribution in [0, 0.1) is 12.7 Å². The van der Waals surface area contributed by atoms with E-state index >= 15 is 0 Å². The van der Waals surface area contributed by atoms with Crippen molar-refractivity contribution < 1.29 is 9.13 Å². The minimum Gasteiger partial charge on any atom is -0.383 e. The summed E-state index contributed by atoms with van der Waals surface area (Å²) in [7, 11) is 1.64. The molecule has 1 aromatic heterocycles. The molecule has 0 aliphatic carbocycles. The molecule has 108 valence electrons. The van der Waals surface area contributed by atoms with E-state index < -0.39 is 0 Å². The average molecular weight is 298 g/mol. The highest BCUT2D eigenvalue weighted by Gasteiger charge is 2.09. The number of nitrogens with zero attached hydrogens (tertiary/aromatic N) is 2. The third-order valence-electron chi connectivity index (χ3n) is 2.93. The van der Waals surface area contributed by atoms with E-state index in [0.717, 1.165) is 16.9 Å². The molecule has 20 heavy (non-hydrogen) atoms. The van der Waals surface area contributed by atoms with Gasteiger partial charge in [-0.15, -0.1) is 0 Å². The summed E-state index contributed by atoms with van der Waals surface area (Å²) in [6.45, 7) is 3.68. The molecule has 2 rings (SSSR count). The van der Waals surface area contributed by atoms with Gasteiger partial charge in [-0.25, -0.2) is 9.07 Å². The summed E-state index contributed by atoms with van der Waals surface area (Å²) in [6.07, 6.45) is 1.72. The lowest BCUT2D eigenvalue weighted by Gasteiger charge is -2.11. The Kier molecular flexibility index (Phi) is 5.11. The minimum atomic E-state index is -0.271. The van der Waals surface area contributed by atoms with Gasteiger partial charge in [-0.3, -0.25) is 0 Å². The van der Waals surface area contributed by atoms with Gasteiger partial charge in [0, 0.05) is 26.4 Å². The monoisotopic (exact) mass is 297 g/mol. The van der Waals surface area contributed by atoms with E-state index in [2.05, 4.69) is 10.4 Å². The molecule has 0 radical (unpaired) electrons. The fourth-order valence-electron chi connectivity index (χ4n) is 1.88. The van der Waals surface area contributed by atoms with Gasteiger partial charge in [0.1, 0.15) is 5.82 Å². The third-order valence-corrected chi connectivity index (χ3v) is 3.30. The van der Waals surface area contributed by atoms with E-state index in [-0.39, 0.29) is 5.82 Å². The van der Waals surface area contributed by atoms with E-state index in [1.165, 1.54) is 12.1 Å². The molecule has 0 atom stereocenters. The van der Waals surface area contributed by atoms with Crippen molar-refractivity contribution in [1.82, 2.24) is 15.1 Å². The van der Waals surface area contributed by atoms with Crippen LogP contribution >= 0.6 is 11.6 Å². The molecule has 0 unspecified atom stereocenters. The number of hydrogen-bond donors (Lipinski definition) is 1. The van der Waals surface area contributed by atoms with Crippen molar-refractivity contribution in [3.8, 4) is 5.69 Å². The molecule has 0 saturated carbocycles. The number of benzene rings is 1. The molecule has 0 amide bonds. The van der Waals surface area contributed by atoms with Crippen LogP contribution in [0.2, 0.25) is 5.02 Å². The second kappa shape index (κ2) is 6.83. The van der Waals surface area contributed by atoms with E-state index in [9.17, 15) is 4.39 Å². The molecule has 0 aliphatic heterocycles. The maximum atomic E-state index is 13.4. The van der Waals surface area contributed by atoms with Crippen LogP contribution in [-0.2, 0) is 11.3 Å². The Morgan fingerprint density at radius 2 is 2.25 bits per heavy atom. The van der Waals surface area contributed by atoms with Crippen LogP contribution in [0.3, 0.4) is 0 Å². The van der Waals surface area contributed by atoms with Gasteiger partial charge in [-0.1, -0.05) is 11.6 Å². The maximum absolute atomic E-state index is 13.4. The zero-order valence-corrected chi connectivity index (χ0v) is 12.2. The van der Waals surface area contributed by atoms with Crippen molar-refractivity contribution in [3.63, 3.8) is 0 Å². The Morgan fingerprint density at radius 3 is 2.90 bits per heavy atom. The van der Waals surface area contributed by atoms with Crippen LogP contribution in [0.1, 0.15) is 11.3 Å². The van der Waals surface area contributed by atoms with Crippen molar-refractivity contribution in [2.24, 2.45) is 0 Å². The summed E-state index contributed by atoms with van der Waals surface area (Å²) in [5, 5.41) is 8.11. The van der Waals surface area contributed by atoms with Crippen LogP contribution in [0.5, 0.6) is 0 Å². The summed E-state index contributed by atoms with van der Waals surface area (Å²) in [6, 6.07) is 4.62. The van der Waals surface area contributed by atoms with Gasteiger partial charge in [0.25, 0.3) is 0 Å². The molecule has 1 heterocycles. The Balaban J connectivity index is 2.23. The summed E-state index contributed by atoms with van der Waals surface area (Å²) in [4.78, 5) is 0. The molecule has 0 fully saturated rings. The van der Waals surface area contributed by atoms with E-state index in [1.807, 2.05) is 6.92 Å². The highest BCUT2D eigenvalue weighted by molar-refractivity contribution is 6.31. The van der Waals surface area contributed by atoms with Gasteiger partial charge in [-0.05, 0) is 30.7 Å². The molecule has 0 spiro atoms. The van der Waals surface area contributed by atoms with Crippen LogP contribution in [0.15, 0.2) is 24.4 Å². The first-order valence-electron chi connectivity index (χ1n) is 6.32. The second-order valence-corrected chi connectivity index (χ2v) is 4.86. The number of hydrogen-bond acceptors (Lipinski definition) is 3. The number of methoxy groups -OCH3 is 1. The second-order valence-electron chi connectivity index (χ2n) is 4.45. The summed E-state index contributed by atoms with van der Waals surface area (Å²) < 4.78 is 20.1. The molecular formula is C14H17ClFN3O. The van der Waals surface area contributed by atoms with Crippen molar-refractivity contribution in [1.29, 1.82) is 0 Å². The standard InChI is InChI=1S/C14H17ClFN3O/c1-10-13(15)9-19(18-10)14-4-3-12(16)7-11(14)8-17-5-6-20-2/h3-4,7,9,17H,5-6,8H2,1-2H3. The fourth-order valence-corrected chi connectivity index (χ4v) is 2.01. The minimum absolute atomic E-state index is 0.271. The van der Waals surface area contributed by atoms with E-state index in [4.69, 9.17) is 16.3 Å². The Labute approximate surface area is 122 Å². The molecule has 0 saturated heterocycles. The fraction of sp³-hybridized carbons (Fsp3) is 0.357. The zero-order valence-electron chi connectivity index (χ0n) is 11.5. The van der Waals surface area contributed by atoms with Gasteiger partial charge in [0.15, 0.2) is 0 Å². The highest BCUT2D eigenvalue weighted by Crippen LogP contribution is 2.20. The third kappa shape index (κ3) is 3.56. The quantitative estimate of drug-likeness (QED) is 0.833. The van der Waals surface area contributed by atoms with Crippen LogP contribution < -0.4 is 5.32 Å². The first-order valence-corrected chi connectivity index (χ1v) is 6.70. The number of aryl methyl sites for hydroxylation is 1. The van der Waals surface area contributed by atoms with E-state index in [1.54, 1.807) is 24.1 Å². The predicted octanol–water partition coefficient (Wildman–Crippen LogP) is 2.71. The molecule has 4 nitrogen and oxygen atoms in total. The summed E-state index contributed by atoms with van der Waals surface area (Å²) >= 11 is 6.02. The lowest BCUT2D eigenvalue weighted by molar-refractivity contribution is 0.199. The summed E-state index contributed by atoms with van der Waals surface area (Å²) in [5.41, 5.74) is 2.38. The Hall–Kier alpha value is -1.43. The van der Waals surface area contributed by atoms with Crippen molar-refractivity contribution in [3.05, 3.63) is 46.5 Å². The van der Waals surface area contributed by atoms with Crippen molar-refractivity contribution >= 4 is 11.6 Å². The number of nitrogens with one attached hydrogen (secondary N) is 1. The first kappa shape index (κ1) is 15.0. The molecule has 0 bridgehead atoms. The lowest BCUT2D eigenvalue weighted by Crippen LogP contribution is -2.19. The van der Waals surface area contributed by atoms with Crippen molar-refractivity contribution in [2.75, 3.05) is 20.3 Å². The topological polar surface area (TPSA) is 39.1 Å². The number of aromatic nitrogens is 2. The molecule has 0 aliphatic rings. The number of halogens is 2.